The van der Waals surface area contributed by atoms with Crippen LogP contribution in [0.4, 0.5) is 18.9 Å². The number of alkyl halides is 3. The smallest absolute Gasteiger partial charge is 0.416 e. The van der Waals surface area contributed by atoms with Gasteiger partial charge in [-0.2, -0.15) is 13.2 Å². The predicted molar refractivity (Wildman–Crippen MR) is 102 cm³/mol. The van der Waals surface area contributed by atoms with Crippen LogP contribution in [0, 0.1) is 0 Å². The summed E-state index contributed by atoms with van der Waals surface area (Å²) >= 11 is 5.82. The molecule has 0 aliphatic carbocycles. The van der Waals surface area contributed by atoms with Crippen molar-refractivity contribution in [1.82, 2.24) is 4.90 Å². The Morgan fingerprint density at radius 3 is 2.34 bits per heavy atom. The quantitative estimate of drug-likeness (QED) is 0.696. The number of piperazine rings is 1. The second-order valence-corrected chi connectivity index (χ2v) is 6.94. The van der Waals surface area contributed by atoms with Crippen molar-refractivity contribution >= 4 is 29.2 Å². The Bertz CT molecular complexity index is 897. The van der Waals surface area contributed by atoms with Crippen LogP contribution in [0.1, 0.15) is 15.9 Å². The van der Waals surface area contributed by atoms with Gasteiger partial charge in [0.1, 0.15) is 0 Å². The van der Waals surface area contributed by atoms with Gasteiger partial charge in [-0.05, 0) is 36.4 Å². The summed E-state index contributed by atoms with van der Waals surface area (Å²) in [7, 11) is 0. The molecule has 0 radical (unpaired) electrons. The molecule has 0 aromatic heterocycles. The van der Waals surface area contributed by atoms with E-state index in [-0.39, 0.29) is 11.5 Å². The maximum atomic E-state index is 12.9. The molecular weight excluding hydrogens is 409 g/mol. The van der Waals surface area contributed by atoms with Crippen LogP contribution in [-0.4, -0.2) is 49.6 Å². The van der Waals surface area contributed by atoms with Gasteiger partial charge in [-0.15, -0.1) is 0 Å². The molecule has 1 heterocycles. The van der Waals surface area contributed by atoms with Crippen LogP contribution in [-0.2, 0) is 15.7 Å². The summed E-state index contributed by atoms with van der Waals surface area (Å²) in [5.41, 5.74) is 0.000377. The van der Waals surface area contributed by atoms with Crippen molar-refractivity contribution < 1.29 is 27.5 Å². The third kappa shape index (κ3) is 5.41. The van der Waals surface area contributed by atoms with E-state index >= 15 is 0 Å². The number of halogens is 4. The van der Waals surface area contributed by atoms with E-state index in [0.29, 0.717) is 36.9 Å². The van der Waals surface area contributed by atoms with E-state index in [9.17, 15) is 22.8 Å². The number of hydrogen-bond acceptors (Lipinski definition) is 4. The first kappa shape index (κ1) is 21.0. The second kappa shape index (κ2) is 8.73. The van der Waals surface area contributed by atoms with Gasteiger partial charge in [0.2, 0.25) is 0 Å². The molecule has 9 heteroatoms. The highest BCUT2D eigenvalue weighted by Crippen LogP contribution is 2.31. The number of benzene rings is 2. The molecule has 0 spiro atoms. The van der Waals surface area contributed by atoms with E-state index in [4.69, 9.17) is 16.3 Å². The fourth-order valence-corrected chi connectivity index (χ4v) is 3.20. The Hall–Kier alpha value is -2.74. The molecule has 1 aliphatic rings. The van der Waals surface area contributed by atoms with E-state index < -0.39 is 24.3 Å². The lowest BCUT2D eigenvalue weighted by Crippen LogP contribution is -2.50. The van der Waals surface area contributed by atoms with Gasteiger partial charge in [-0.1, -0.05) is 23.7 Å². The Kier molecular flexibility index (Phi) is 6.32. The van der Waals surface area contributed by atoms with Gasteiger partial charge in [0, 0.05) is 36.9 Å². The fourth-order valence-electron chi connectivity index (χ4n) is 3.01. The number of hydrogen-bond donors (Lipinski definition) is 0. The van der Waals surface area contributed by atoms with Crippen molar-refractivity contribution in [2.75, 3.05) is 37.7 Å². The Labute approximate surface area is 170 Å². The highest BCUT2D eigenvalue weighted by molar-refractivity contribution is 6.30. The first-order valence-electron chi connectivity index (χ1n) is 8.87. The highest BCUT2D eigenvalue weighted by atomic mass is 35.5. The lowest BCUT2D eigenvalue weighted by atomic mass is 10.1. The van der Waals surface area contributed by atoms with Crippen LogP contribution >= 0.6 is 11.6 Å². The van der Waals surface area contributed by atoms with Gasteiger partial charge >= 0.3 is 12.1 Å². The van der Waals surface area contributed by atoms with Crippen molar-refractivity contribution in [3.8, 4) is 0 Å². The molecule has 0 N–H and O–H groups in total. The third-order valence-corrected chi connectivity index (χ3v) is 4.79. The summed E-state index contributed by atoms with van der Waals surface area (Å²) in [5.74, 6) is -1.01. The van der Waals surface area contributed by atoms with Gasteiger partial charge in [0.25, 0.3) is 5.91 Å². The summed E-state index contributed by atoms with van der Waals surface area (Å²) in [5, 5.41) is 0.386. The standard InChI is InChI=1S/C20H18ClF3N2O3/c21-16-5-1-3-14(11-16)19(28)29-13-18(27)26-9-7-25(8-10-26)17-6-2-4-15(12-17)20(22,23)24/h1-6,11-12H,7-10,13H2. The van der Waals surface area contributed by atoms with Gasteiger partial charge in [-0.25, -0.2) is 4.79 Å². The lowest BCUT2D eigenvalue weighted by molar-refractivity contribution is -0.137. The minimum absolute atomic E-state index is 0.250. The Morgan fingerprint density at radius 1 is 1.00 bits per heavy atom. The molecule has 1 saturated heterocycles. The molecule has 0 unspecified atom stereocenters. The maximum absolute atomic E-state index is 12.9. The summed E-state index contributed by atoms with van der Waals surface area (Å²) in [6.45, 7) is 1.01. The number of anilines is 1. The number of rotatable bonds is 4. The van der Waals surface area contributed by atoms with E-state index in [1.54, 1.807) is 23.1 Å². The van der Waals surface area contributed by atoms with Gasteiger partial charge < -0.3 is 14.5 Å². The maximum Gasteiger partial charge on any atom is 0.416 e. The number of esters is 1. The van der Waals surface area contributed by atoms with Crippen molar-refractivity contribution in [1.29, 1.82) is 0 Å². The SMILES string of the molecule is O=C(OCC(=O)N1CCN(c2cccc(C(F)(F)F)c2)CC1)c1cccc(Cl)c1. The van der Waals surface area contributed by atoms with Crippen LogP contribution in [0.25, 0.3) is 0 Å². The van der Waals surface area contributed by atoms with Gasteiger partial charge in [0.05, 0.1) is 11.1 Å². The van der Waals surface area contributed by atoms with E-state index in [1.807, 2.05) is 0 Å². The molecule has 0 saturated carbocycles. The average Bonchev–Trinajstić information content (AvgIpc) is 2.71. The van der Waals surface area contributed by atoms with Crippen LogP contribution in [0.15, 0.2) is 48.5 Å². The van der Waals surface area contributed by atoms with Gasteiger partial charge in [-0.3, -0.25) is 4.79 Å². The molecule has 5 nitrogen and oxygen atoms in total. The van der Waals surface area contributed by atoms with E-state index in [0.717, 1.165) is 12.1 Å². The number of ether oxygens (including phenoxy) is 1. The topological polar surface area (TPSA) is 49.9 Å². The number of carbonyl (C=O) groups excluding carboxylic acids is 2. The molecule has 0 atom stereocenters. The zero-order valence-electron chi connectivity index (χ0n) is 15.3. The van der Waals surface area contributed by atoms with Crippen molar-refractivity contribution in [3.63, 3.8) is 0 Å². The highest BCUT2D eigenvalue weighted by Gasteiger charge is 2.31. The monoisotopic (exact) mass is 426 g/mol. The minimum Gasteiger partial charge on any atom is -0.452 e. The number of nitrogens with zero attached hydrogens (tertiary/aromatic N) is 2. The predicted octanol–water partition coefficient (Wildman–Crippen LogP) is 3.86. The molecule has 1 aliphatic heterocycles. The van der Waals surface area contributed by atoms with Crippen LogP contribution in [0.2, 0.25) is 5.02 Å². The molecule has 1 fully saturated rings. The summed E-state index contributed by atoms with van der Waals surface area (Å²) in [6, 6.07) is 11.3. The van der Waals surface area contributed by atoms with Crippen LogP contribution < -0.4 is 4.90 Å². The molecule has 1 amide bonds. The fraction of sp³-hybridized carbons (Fsp3) is 0.300. The lowest BCUT2D eigenvalue weighted by Gasteiger charge is -2.36. The van der Waals surface area contributed by atoms with Crippen molar-refractivity contribution in [3.05, 3.63) is 64.7 Å². The summed E-state index contributed by atoms with van der Waals surface area (Å²) in [4.78, 5) is 27.6. The average molecular weight is 427 g/mol. The van der Waals surface area contributed by atoms with Gasteiger partial charge in [0.15, 0.2) is 6.61 Å². The molecule has 29 heavy (non-hydrogen) atoms. The molecular formula is C20H18ClF3N2O3. The molecule has 2 aromatic carbocycles. The van der Waals surface area contributed by atoms with Crippen LogP contribution in [0.3, 0.4) is 0 Å². The van der Waals surface area contributed by atoms with Crippen molar-refractivity contribution in [2.24, 2.45) is 0 Å². The van der Waals surface area contributed by atoms with Crippen LogP contribution in [0.5, 0.6) is 0 Å². The summed E-state index contributed by atoms with van der Waals surface area (Å²) < 4.78 is 43.7. The largest absolute Gasteiger partial charge is 0.452 e. The number of carbonyl (C=O) groups is 2. The third-order valence-electron chi connectivity index (χ3n) is 4.56. The Balaban J connectivity index is 1.51. The van der Waals surface area contributed by atoms with E-state index in [2.05, 4.69) is 0 Å². The molecule has 3 rings (SSSR count). The zero-order chi connectivity index (χ0) is 21.0. The van der Waals surface area contributed by atoms with Crippen molar-refractivity contribution in [2.45, 2.75) is 6.18 Å². The first-order chi connectivity index (χ1) is 13.7. The zero-order valence-corrected chi connectivity index (χ0v) is 16.0. The summed E-state index contributed by atoms with van der Waals surface area (Å²) in [6.07, 6.45) is -4.40. The molecule has 0 bridgehead atoms. The first-order valence-corrected chi connectivity index (χ1v) is 9.24. The molecule has 154 valence electrons. The number of amides is 1. The molecule has 2 aromatic rings. The minimum atomic E-state index is -4.40. The van der Waals surface area contributed by atoms with E-state index in [1.165, 1.54) is 23.1 Å². The normalized spacial score (nSPS) is 14.6. The second-order valence-electron chi connectivity index (χ2n) is 6.50. The Morgan fingerprint density at radius 2 is 1.69 bits per heavy atom.